The van der Waals surface area contributed by atoms with Crippen molar-refractivity contribution < 1.29 is 34.0 Å². The van der Waals surface area contributed by atoms with E-state index in [-0.39, 0.29) is 36.4 Å². The summed E-state index contributed by atoms with van der Waals surface area (Å²) in [5.74, 6) is -1.07. The van der Waals surface area contributed by atoms with Crippen LogP contribution < -0.4 is 11.5 Å². The number of aromatic nitrogens is 1. The predicted molar refractivity (Wildman–Crippen MR) is 163 cm³/mol. The largest absolute Gasteiger partial charge is 0.463 e. The number of nitriles is 1. The van der Waals surface area contributed by atoms with Crippen molar-refractivity contribution in [2.45, 2.75) is 116 Å². The van der Waals surface area contributed by atoms with Crippen molar-refractivity contribution >= 4 is 24.1 Å². The highest BCUT2D eigenvalue weighted by Crippen LogP contribution is 2.41. The Hall–Kier alpha value is -3.31. The van der Waals surface area contributed by atoms with E-state index in [0.29, 0.717) is 12.1 Å². The minimum absolute atomic E-state index is 0.0689. The molecule has 13 heteroatoms. The van der Waals surface area contributed by atoms with Gasteiger partial charge in [0.2, 0.25) is 5.60 Å². The van der Waals surface area contributed by atoms with Gasteiger partial charge in [0, 0.05) is 12.3 Å². The summed E-state index contributed by atoms with van der Waals surface area (Å²) in [5, 5.41) is 32.4. The molecule has 0 radical (unpaired) electrons. The van der Waals surface area contributed by atoms with Gasteiger partial charge in [-0.15, -0.1) is 0 Å². The van der Waals surface area contributed by atoms with Crippen molar-refractivity contribution in [3.63, 3.8) is 0 Å². The SMILES string of the molecule is CC[C@@H](C)C(O)N=C(N=CN)c1ccc([C@]2(C#N)O[C@H](COC(=O)CC3CCCCC3)[C@@H](OC(=O)[C@@H](N)C(C)(C)C)[C@H]2O)[nH]1. The molecule has 244 valence electrons. The first-order valence-corrected chi connectivity index (χ1v) is 15.4. The van der Waals surface area contributed by atoms with Crippen molar-refractivity contribution in [1.29, 1.82) is 5.26 Å². The first kappa shape index (κ1) is 35.2. The third-order valence-electron chi connectivity index (χ3n) is 8.56. The number of rotatable bonds is 11. The normalized spacial score (nSPS) is 27.1. The quantitative estimate of drug-likeness (QED) is 0.139. The lowest BCUT2D eigenvalue weighted by atomic mass is 9.87. The van der Waals surface area contributed by atoms with Crippen LogP contribution in [0.1, 0.15) is 91.0 Å². The summed E-state index contributed by atoms with van der Waals surface area (Å²) in [6, 6.07) is 4.03. The molecule has 2 fully saturated rings. The van der Waals surface area contributed by atoms with Crippen molar-refractivity contribution in [2.75, 3.05) is 6.61 Å². The van der Waals surface area contributed by atoms with E-state index in [0.717, 1.165) is 38.4 Å². The summed E-state index contributed by atoms with van der Waals surface area (Å²) >= 11 is 0. The van der Waals surface area contributed by atoms with Gasteiger partial charge in [-0.2, -0.15) is 5.26 Å². The molecular weight excluding hydrogens is 568 g/mol. The standard InChI is InChI=1S/C31H48N6O7/c1-6-18(2)28(40)37-27(35-17-33)20-12-13-22(36-20)31(16-32)26(39)24(43-29(41)25(34)30(3,4)5)21(44-31)15-42-23(38)14-19-10-8-7-9-11-19/h12-13,17-19,21,24-26,28,36,39-40H,6-11,14-15,34H2,1-5H3,(H2,33,35,37)/t18-,21-,24-,25-,26-,28?,31+/m1/s1. The molecule has 1 aromatic heterocycles. The van der Waals surface area contributed by atoms with Crippen LogP contribution in [0.5, 0.6) is 0 Å². The fourth-order valence-electron chi connectivity index (χ4n) is 5.33. The number of amidine groups is 1. The Morgan fingerprint density at radius 1 is 1.30 bits per heavy atom. The molecule has 1 aliphatic carbocycles. The fraction of sp³-hybridized carbons (Fsp3) is 0.710. The summed E-state index contributed by atoms with van der Waals surface area (Å²) < 4.78 is 17.3. The number of ether oxygens (including phenoxy) is 3. The molecule has 13 nitrogen and oxygen atoms in total. The molecule has 0 amide bonds. The maximum Gasteiger partial charge on any atom is 0.323 e. The molecule has 0 spiro atoms. The lowest BCUT2D eigenvalue weighted by molar-refractivity contribution is -0.163. The number of carbonyl (C=O) groups is 2. The van der Waals surface area contributed by atoms with Gasteiger partial charge in [-0.1, -0.05) is 53.9 Å². The van der Waals surface area contributed by atoms with Gasteiger partial charge in [-0.05, 0) is 42.7 Å². The minimum atomic E-state index is -2.05. The lowest BCUT2D eigenvalue weighted by Crippen LogP contribution is -2.49. The molecule has 2 aliphatic rings. The third-order valence-corrected chi connectivity index (χ3v) is 8.56. The summed E-state index contributed by atoms with van der Waals surface area (Å²) in [5.41, 5.74) is 9.35. The average molecular weight is 617 g/mol. The Morgan fingerprint density at radius 3 is 2.57 bits per heavy atom. The topological polar surface area (TPSA) is 219 Å². The van der Waals surface area contributed by atoms with Crippen LogP contribution in [-0.4, -0.2) is 76.5 Å². The van der Waals surface area contributed by atoms with Crippen LogP contribution in [0.4, 0.5) is 0 Å². The highest BCUT2D eigenvalue weighted by molar-refractivity contribution is 6.01. The fourth-order valence-corrected chi connectivity index (χ4v) is 5.33. The van der Waals surface area contributed by atoms with Gasteiger partial charge < -0.3 is 40.9 Å². The van der Waals surface area contributed by atoms with Crippen LogP contribution >= 0.6 is 0 Å². The number of nitrogens with one attached hydrogen (secondary N) is 1. The molecule has 2 heterocycles. The van der Waals surface area contributed by atoms with Crippen molar-refractivity contribution in [3.8, 4) is 6.07 Å². The monoisotopic (exact) mass is 616 g/mol. The van der Waals surface area contributed by atoms with Gasteiger partial charge in [-0.3, -0.25) is 9.59 Å². The number of aliphatic hydroxyl groups is 2. The van der Waals surface area contributed by atoms with E-state index in [4.69, 9.17) is 25.7 Å². The number of aliphatic imine (C=N–C) groups is 2. The molecule has 1 aliphatic heterocycles. The lowest BCUT2D eigenvalue weighted by Gasteiger charge is -2.28. The molecule has 7 N–H and O–H groups in total. The Kier molecular flexibility index (Phi) is 12.1. The maximum absolute atomic E-state index is 13.0. The van der Waals surface area contributed by atoms with E-state index in [1.807, 2.05) is 19.9 Å². The van der Waals surface area contributed by atoms with Crippen molar-refractivity contribution in [3.05, 3.63) is 23.5 Å². The second-order valence-electron chi connectivity index (χ2n) is 12.9. The second-order valence-corrected chi connectivity index (χ2v) is 12.9. The number of nitrogens with two attached hydrogens (primary N) is 2. The van der Waals surface area contributed by atoms with Gasteiger partial charge in [0.25, 0.3) is 0 Å². The zero-order valence-corrected chi connectivity index (χ0v) is 26.4. The number of esters is 2. The highest BCUT2D eigenvalue weighted by Gasteiger charge is 2.59. The smallest absolute Gasteiger partial charge is 0.323 e. The summed E-state index contributed by atoms with van der Waals surface area (Å²) in [6.45, 7) is 8.71. The molecule has 44 heavy (non-hydrogen) atoms. The second kappa shape index (κ2) is 15.1. The molecule has 1 aromatic rings. The van der Waals surface area contributed by atoms with Crippen LogP contribution in [0, 0.1) is 28.6 Å². The molecule has 0 aromatic carbocycles. The van der Waals surface area contributed by atoms with Gasteiger partial charge in [0.05, 0.1) is 17.7 Å². The number of aliphatic hydroxyl groups excluding tert-OH is 2. The van der Waals surface area contributed by atoms with Crippen molar-refractivity contribution in [2.24, 2.45) is 38.7 Å². The number of aromatic amines is 1. The number of carbonyl (C=O) groups excluding carboxylic acids is 2. The average Bonchev–Trinajstić information content (AvgIpc) is 3.59. The Morgan fingerprint density at radius 2 is 1.98 bits per heavy atom. The number of H-pyrrole nitrogens is 1. The number of nitrogens with zero attached hydrogens (tertiary/aromatic N) is 3. The van der Waals surface area contributed by atoms with E-state index in [9.17, 15) is 25.1 Å². The van der Waals surface area contributed by atoms with Gasteiger partial charge in [0.1, 0.15) is 37.2 Å². The summed E-state index contributed by atoms with van der Waals surface area (Å²) in [6.07, 6.45) is 1.85. The summed E-state index contributed by atoms with van der Waals surface area (Å²) in [7, 11) is 0. The number of hydrogen-bond acceptors (Lipinski definition) is 10. The van der Waals surface area contributed by atoms with Crippen LogP contribution in [0.2, 0.25) is 0 Å². The molecule has 1 saturated carbocycles. The molecular formula is C31H48N6O7. The molecule has 7 atom stereocenters. The van der Waals surface area contributed by atoms with E-state index in [1.54, 1.807) is 26.8 Å². The predicted octanol–water partition coefficient (Wildman–Crippen LogP) is 2.39. The van der Waals surface area contributed by atoms with E-state index >= 15 is 0 Å². The zero-order valence-electron chi connectivity index (χ0n) is 26.4. The Balaban J connectivity index is 1.91. The molecule has 1 saturated heterocycles. The highest BCUT2D eigenvalue weighted by atomic mass is 16.6. The van der Waals surface area contributed by atoms with Crippen LogP contribution in [0.25, 0.3) is 0 Å². The van der Waals surface area contributed by atoms with E-state index in [1.165, 1.54) is 6.07 Å². The van der Waals surface area contributed by atoms with Crippen LogP contribution in [-0.2, 0) is 29.4 Å². The molecule has 3 rings (SSSR count). The molecule has 1 unspecified atom stereocenters. The van der Waals surface area contributed by atoms with Crippen molar-refractivity contribution in [1.82, 2.24) is 4.98 Å². The Labute approximate surface area is 259 Å². The van der Waals surface area contributed by atoms with E-state index in [2.05, 4.69) is 15.0 Å². The first-order chi connectivity index (χ1) is 20.8. The number of hydrogen-bond donors (Lipinski definition) is 5. The minimum Gasteiger partial charge on any atom is -0.463 e. The van der Waals surface area contributed by atoms with Gasteiger partial charge in [0.15, 0.2) is 11.9 Å². The third kappa shape index (κ3) is 8.24. The van der Waals surface area contributed by atoms with Crippen LogP contribution in [0.3, 0.4) is 0 Å². The first-order valence-electron chi connectivity index (χ1n) is 15.4. The van der Waals surface area contributed by atoms with Gasteiger partial charge in [-0.25, -0.2) is 9.98 Å². The molecule has 0 bridgehead atoms. The zero-order chi connectivity index (χ0) is 32.7. The van der Waals surface area contributed by atoms with E-state index < -0.39 is 53.5 Å². The Bertz CT molecular complexity index is 1230. The van der Waals surface area contributed by atoms with Gasteiger partial charge >= 0.3 is 11.9 Å². The summed E-state index contributed by atoms with van der Waals surface area (Å²) in [4.78, 5) is 37.1. The van der Waals surface area contributed by atoms with Crippen LogP contribution in [0.15, 0.2) is 22.1 Å². The maximum atomic E-state index is 13.0.